The summed E-state index contributed by atoms with van der Waals surface area (Å²) >= 11 is 7.71. The highest BCUT2D eigenvalue weighted by atomic mass is 35.5. The van der Waals surface area contributed by atoms with E-state index in [0.717, 1.165) is 12.8 Å². The largest absolute Gasteiger partial charge is 0.495 e. The molecule has 3 amide bonds. The third-order valence-corrected chi connectivity index (χ3v) is 6.76. The van der Waals surface area contributed by atoms with Crippen molar-refractivity contribution in [3.63, 3.8) is 0 Å². The van der Waals surface area contributed by atoms with Crippen LogP contribution in [0.25, 0.3) is 0 Å². The van der Waals surface area contributed by atoms with Crippen LogP contribution in [0.1, 0.15) is 32.1 Å². The standard InChI is InChI=1S/C21H27ClN2O5S/c1-28-17-11-15(18(29-2)10-14(17)22)23-19(25)16(8-9-30-3)24-20(26)12-6-4-5-7-13(12)21(24)27/h10-13,16H,4-9H2,1-3H3,(H,23,25)/t12-,13-,16+/m1/s1. The summed E-state index contributed by atoms with van der Waals surface area (Å²) in [7, 11) is 2.95. The minimum Gasteiger partial charge on any atom is -0.495 e. The molecule has 9 heteroatoms. The summed E-state index contributed by atoms with van der Waals surface area (Å²) in [5.41, 5.74) is 0.370. The molecule has 0 unspecified atom stereocenters. The number of halogens is 1. The second-order valence-corrected chi connectivity index (χ2v) is 8.91. The van der Waals surface area contributed by atoms with E-state index in [9.17, 15) is 14.4 Å². The monoisotopic (exact) mass is 454 g/mol. The van der Waals surface area contributed by atoms with Crippen molar-refractivity contribution >= 4 is 46.8 Å². The van der Waals surface area contributed by atoms with Gasteiger partial charge >= 0.3 is 0 Å². The molecule has 1 aliphatic carbocycles. The lowest BCUT2D eigenvalue weighted by Crippen LogP contribution is -2.48. The van der Waals surface area contributed by atoms with Crippen molar-refractivity contribution < 1.29 is 23.9 Å². The van der Waals surface area contributed by atoms with E-state index in [0.29, 0.717) is 47.2 Å². The average molecular weight is 455 g/mol. The molecule has 1 heterocycles. The lowest BCUT2D eigenvalue weighted by Gasteiger charge is -2.26. The quantitative estimate of drug-likeness (QED) is 0.604. The Kier molecular flexibility index (Phi) is 7.52. The van der Waals surface area contributed by atoms with Crippen LogP contribution in [0.2, 0.25) is 5.02 Å². The molecule has 1 aliphatic heterocycles. The number of rotatable bonds is 8. The topological polar surface area (TPSA) is 84.9 Å². The molecule has 1 saturated heterocycles. The lowest BCUT2D eigenvalue weighted by atomic mass is 9.81. The number of nitrogens with zero attached hydrogens (tertiary/aromatic N) is 1. The van der Waals surface area contributed by atoms with E-state index in [1.807, 2.05) is 6.26 Å². The SMILES string of the molecule is COc1cc(NC(=O)[C@H](CCSC)N2C(=O)[C@@H]3CCCC[C@H]3C2=O)c(OC)cc1Cl. The molecule has 164 valence electrons. The molecule has 7 nitrogen and oxygen atoms in total. The first-order chi connectivity index (χ1) is 14.4. The van der Waals surface area contributed by atoms with Crippen LogP contribution in [-0.2, 0) is 14.4 Å². The maximum atomic E-state index is 13.3. The van der Waals surface area contributed by atoms with Gasteiger partial charge in [-0.3, -0.25) is 19.3 Å². The molecule has 3 atom stereocenters. The Hall–Kier alpha value is -1.93. The van der Waals surface area contributed by atoms with Gasteiger partial charge in [-0.15, -0.1) is 0 Å². The Labute approximate surface area is 185 Å². The number of benzene rings is 1. The summed E-state index contributed by atoms with van der Waals surface area (Å²) in [5.74, 6) is -0.0449. The van der Waals surface area contributed by atoms with Crippen molar-refractivity contribution in [1.29, 1.82) is 0 Å². The highest BCUT2D eigenvalue weighted by Crippen LogP contribution is 2.40. The van der Waals surface area contributed by atoms with E-state index in [-0.39, 0.29) is 23.7 Å². The van der Waals surface area contributed by atoms with Gasteiger partial charge in [-0.25, -0.2) is 0 Å². The molecule has 1 aromatic rings. The number of hydrogen-bond donors (Lipinski definition) is 1. The Morgan fingerprint density at radius 2 is 1.77 bits per heavy atom. The summed E-state index contributed by atoms with van der Waals surface area (Å²) in [5, 5.41) is 3.16. The number of imide groups is 1. The number of fused-ring (bicyclic) bond motifs is 1. The average Bonchev–Trinajstić information content (AvgIpc) is 3.00. The molecule has 0 spiro atoms. The van der Waals surface area contributed by atoms with E-state index in [2.05, 4.69) is 5.32 Å². The van der Waals surface area contributed by atoms with Crippen molar-refractivity contribution in [1.82, 2.24) is 4.90 Å². The smallest absolute Gasteiger partial charge is 0.247 e. The first kappa shape index (κ1) is 22.7. The number of thioether (sulfide) groups is 1. The molecule has 0 bridgehead atoms. The van der Waals surface area contributed by atoms with Gasteiger partial charge in [0.05, 0.1) is 36.8 Å². The van der Waals surface area contributed by atoms with Crippen LogP contribution in [0.4, 0.5) is 5.69 Å². The number of carbonyl (C=O) groups excluding carboxylic acids is 3. The van der Waals surface area contributed by atoms with Crippen LogP contribution in [0, 0.1) is 11.8 Å². The fourth-order valence-electron chi connectivity index (χ4n) is 4.28. The number of anilines is 1. The number of methoxy groups -OCH3 is 2. The number of ether oxygens (including phenoxy) is 2. The Morgan fingerprint density at radius 1 is 1.17 bits per heavy atom. The molecule has 3 rings (SSSR count). The van der Waals surface area contributed by atoms with Crippen molar-refractivity contribution in [2.45, 2.75) is 38.1 Å². The predicted octanol–water partition coefficient (Wildman–Crippen LogP) is 3.59. The molecule has 0 aromatic heterocycles. The van der Waals surface area contributed by atoms with Gasteiger partial charge in [0, 0.05) is 12.1 Å². The minimum atomic E-state index is -0.866. The van der Waals surface area contributed by atoms with Crippen molar-refractivity contribution in [2.24, 2.45) is 11.8 Å². The zero-order chi connectivity index (χ0) is 21.8. The van der Waals surface area contributed by atoms with E-state index < -0.39 is 11.9 Å². The molecule has 1 aromatic carbocycles. The first-order valence-electron chi connectivity index (χ1n) is 10.0. The van der Waals surface area contributed by atoms with Gasteiger partial charge in [-0.1, -0.05) is 24.4 Å². The van der Waals surface area contributed by atoms with Gasteiger partial charge in [-0.05, 0) is 31.3 Å². The third-order valence-electron chi connectivity index (χ3n) is 5.82. The van der Waals surface area contributed by atoms with Gasteiger partial charge in [0.15, 0.2) is 0 Å². The fraction of sp³-hybridized carbons (Fsp3) is 0.571. The minimum absolute atomic E-state index is 0.216. The molecule has 2 aliphatic rings. The normalized spacial score (nSPS) is 21.9. The Morgan fingerprint density at radius 3 is 2.30 bits per heavy atom. The molecular formula is C21H27ClN2O5S. The fourth-order valence-corrected chi connectivity index (χ4v) is 4.97. The van der Waals surface area contributed by atoms with Crippen LogP contribution >= 0.6 is 23.4 Å². The van der Waals surface area contributed by atoms with Crippen LogP contribution in [0.5, 0.6) is 11.5 Å². The summed E-state index contributed by atoms with van der Waals surface area (Å²) < 4.78 is 10.6. The second-order valence-electron chi connectivity index (χ2n) is 7.52. The summed E-state index contributed by atoms with van der Waals surface area (Å²) in [6, 6.07) is 2.25. The maximum absolute atomic E-state index is 13.3. The highest BCUT2D eigenvalue weighted by molar-refractivity contribution is 7.98. The van der Waals surface area contributed by atoms with E-state index in [4.69, 9.17) is 21.1 Å². The van der Waals surface area contributed by atoms with Crippen LogP contribution in [0.15, 0.2) is 12.1 Å². The predicted molar refractivity (Wildman–Crippen MR) is 117 cm³/mol. The molecule has 1 saturated carbocycles. The number of hydrogen-bond acceptors (Lipinski definition) is 6. The van der Waals surface area contributed by atoms with E-state index in [1.54, 1.807) is 23.9 Å². The van der Waals surface area contributed by atoms with Gasteiger partial charge in [-0.2, -0.15) is 11.8 Å². The van der Waals surface area contributed by atoms with Crippen molar-refractivity contribution in [2.75, 3.05) is 31.5 Å². The number of carbonyl (C=O) groups is 3. The molecule has 1 N–H and O–H groups in total. The summed E-state index contributed by atoms with van der Waals surface area (Å²) in [4.78, 5) is 40.5. The maximum Gasteiger partial charge on any atom is 0.247 e. The lowest BCUT2D eigenvalue weighted by molar-refractivity contribution is -0.146. The van der Waals surface area contributed by atoms with Crippen LogP contribution in [0.3, 0.4) is 0 Å². The summed E-state index contributed by atoms with van der Waals surface area (Å²) in [6.45, 7) is 0. The highest BCUT2D eigenvalue weighted by Gasteiger charge is 2.51. The van der Waals surface area contributed by atoms with Crippen LogP contribution in [-0.4, -0.2) is 54.9 Å². The molecule has 30 heavy (non-hydrogen) atoms. The second kappa shape index (κ2) is 9.92. The first-order valence-corrected chi connectivity index (χ1v) is 11.8. The Bertz CT molecular complexity index is 810. The van der Waals surface area contributed by atoms with Crippen LogP contribution < -0.4 is 14.8 Å². The van der Waals surface area contributed by atoms with Gasteiger partial charge in [0.25, 0.3) is 0 Å². The van der Waals surface area contributed by atoms with Gasteiger partial charge in [0.1, 0.15) is 17.5 Å². The Balaban J connectivity index is 1.88. The molecule has 0 radical (unpaired) electrons. The number of likely N-dealkylation sites (tertiary alicyclic amines) is 1. The number of amides is 3. The van der Waals surface area contributed by atoms with Crippen molar-refractivity contribution in [3.05, 3.63) is 17.2 Å². The van der Waals surface area contributed by atoms with Gasteiger partial charge < -0.3 is 14.8 Å². The zero-order valence-corrected chi connectivity index (χ0v) is 19.0. The molecular weight excluding hydrogens is 428 g/mol. The van der Waals surface area contributed by atoms with E-state index in [1.165, 1.54) is 19.1 Å². The van der Waals surface area contributed by atoms with Gasteiger partial charge in [0.2, 0.25) is 17.7 Å². The van der Waals surface area contributed by atoms with E-state index >= 15 is 0 Å². The van der Waals surface area contributed by atoms with Crippen molar-refractivity contribution in [3.8, 4) is 11.5 Å². The number of nitrogens with one attached hydrogen (secondary N) is 1. The summed E-state index contributed by atoms with van der Waals surface area (Å²) in [6.07, 6.45) is 5.62. The molecule has 2 fully saturated rings. The third kappa shape index (κ3) is 4.39. The zero-order valence-electron chi connectivity index (χ0n) is 17.4.